The van der Waals surface area contributed by atoms with E-state index in [1.54, 1.807) is 6.07 Å². The fourth-order valence-electron chi connectivity index (χ4n) is 0.626. The minimum absolute atomic E-state index is 0.287. The van der Waals surface area contributed by atoms with E-state index in [4.69, 9.17) is 18.8 Å². The van der Waals surface area contributed by atoms with Gasteiger partial charge in [0.1, 0.15) is 6.61 Å². The second kappa shape index (κ2) is 7.95. The molecule has 0 aliphatic carbocycles. The van der Waals surface area contributed by atoms with Crippen LogP contribution in [0.2, 0.25) is 0 Å². The molecule has 0 aliphatic rings. The molecular formula is C8H16NO4P. The quantitative estimate of drug-likeness (QED) is 0.589. The second-order valence-electron chi connectivity index (χ2n) is 2.55. The van der Waals surface area contributed by atoms with Crippen molar-refractivity contribution in [2.75, 3.05) is 19.8 Å². The van der Waals surface area contributed by atoms with E-state index in [1.165, 1.54) is 0 Å². The van der Waals surface area contributed by atoms with E-state index in [9.17, 15) is 4.57 Å². The van der Waals surface area contributed by atoms with E-state index in [0.717, 1.165) is 12.8 Å². The van der Waals surface area contributed by atoms with Crippen LogP contribution in [0.15, 0.2) is 0 Å². The van der Waals surface area contributed by atoms with Crippen molar-refractivity contribution >= 4 is 7.82 Å². The molecule has 0 aromatic carbocycles. The Balaban J connectivity index is 4.05. The van der Waals surface area contributed by atoms with E-state index in [2.05, 4.69) is 0 Å². The smallest absolute Gasteiger partial charge is 0.287 e. The van der Waals surface area contributed by atoms with Crippen LogP contribution in [-0.4, -0.2) is 19.8 Å². The Bertz CT molecular complexity index is 214. The van der Waals surface area contributed by atoms with Crippen LogP contribution in [0, 0.1) is 11.3 Å². The monoisotopic (exact) mass is 221 g/mol. The van der Waals surface area contributed by atoms with Crippen LogP contribution >= 0.6 is 7.82 Å². The molecule has 0 aromatic heterocycles. The summed E-state index contributed by atoms with van der Waals surface area (Å²) in [5, 5.41) is 8.27. The van der Waals surface area contributed by atoms with E-state index >= 15 is 0 Å². The largest absolute Gasteiger partial charge is 0.475 e. The SMILES string of the molecule is CCCOP(=O)(OCC#N)OCCC. The summed E-state index contributed by atoms with van der Waals surface area (Å²) >= 11 is 0. The number of phosphoric ester groups is 1. The zero-order chi connectivity index (χ0) is 10.9. The normalized spacial score (nSPS) is 11.2. The summed E-state index contributed by atoms with van der Waals surface area (Å²) in [7, 11) is -3.49. The van der Waals surface area contributed by atoms with Gasteiger partial charge in [-0.2, -0.15) is 5.26 Å². The lowest BCUT2D eigenvalue weighted by Gasteiger charge is -2.15. The summed E-state index contributed by atoms with van der Waals surface area (Å²) in [4.78, 5) is 0. The third kappa shape index (κ3) is 6.11. The van der Waals surface area contributed by atoms with Crippen molar-refractivity contribution in [2.45, 2.75) is 26.7 Å². The molecule has 6 heteroatoms. The van der Waals surface area contributed by atoms with E-state index in [0.29, 0.717) is 13.2 Å². The van der Waals surface area contributed by atoms with E-state index < -0.39 is 7.82 Å². The molecule has 0 bridgehead atoms. The second-order valence-corrected chi connectivity index (χ2v) is 4.21. The average molecular weight is 221 g/mol. The molecule has 0 N–H and O–H groups in total. The molecule has 0 saturated carbocycles. The zero-order valence-corrected chi connectivity index (χ0v) is 9.46. The maximum atomic E-state index is 11.7. The first-order valence-electron chi connectivity index (χ1n) is 4.59. The first kappa shape index (κ1) is 13.6. The number of nitrogens with zero attached hydrogens (tertiary/aromatic N) is 1. The fraction of sp³-hybridized carbons (Fsp3) is 0.875. The zero-order valence-electron chi connectivity index (χ0n) is 8.56. The summed E-state index contributed by atoms with van der Waals surface area (Å²) < 4.78 is 26.3. The molecule has 0 amide bonds. The molecule has 0 rings (SSSR count). The molecule has 0 aliphatic heterocycles. The van der Waals surface area contributed by atoms with Gasteiger partial charge < -0.3 is 0 Å². The van der Waals surface area contributed by atoms with Crippen molar-refractivity contribution in [1.82, 2.24) is 0 Å². The molecule has 0 fully saturated rings. The summed E-state index contributed by atoms with van der Waals surface area (Å²) in [6.07, 6.45) is 1.44. The lowest BCUT2D eigenvalue weighted by Crippen LogP contribution is -2.02. The predicted molar refractivity (Wildman–Crippen MR) is 51.7 cm³/mol. The van der Waals surface area contributed by atoms with Gasteiger partial charge in [0.15, 0.2) is 0 Å². The summed E-state index contributed by atoms with van der Waals surface area (Å²) in [5.74, 6) is 0. The van der Waals surface area contributed by atoms with Crippen LogP contribution in [0.1, 0.15) is 26.7 Å². The molecule has 0 unspecified atom stereocenters. The van der Waals surface area contributed by atoms with Crippen LogP contribution in [-0.2, 0) is 18.1 Å². The molecule has 0 spiro atoms. The van der Waals surface area contributed by atoms with Gasteiger partial charge in [-0.3, -0.25) is 13.6 Å². The van der Waals surface area contributed by atoms with Gasteiger partial charge in [-0.25, -0.2) is 4.57 Å². The lowest BCUT2D eigenvalue weighted by molar-refractivity contribution is 0.123. The third-order valence-corrected chi connectivity index (χ3v) is 2.64. The third-order valence-electron chi connectivity index (χ3n) is 1.19. The highest BCUT2D eigenvalue weighted by Gasteiger charge is 2.25. The van der Waals surface area contributed by atoms with Crippen molar-refractivity contribution in [2.24, 2.45) is 0 Å². The first-order valence-corrected chi connectivity index (χ1v) is 6.05. The van der Waals surface area contributed by atoms with Crippen molar-refractivity contribution < 1.29 is 18.1 Å². The topological polar surface area (TPSA) is 68.5 Å². The Morgan fingerprint density at radius 2 is 1.64 bits per heavy atom. The van der Waals surface area contributed by atoms with Gasteiger partial charge >= 0.3 is 7.82 Å². The molecule has 5 nitrogen and oxygen atoms in total. The molecule has 0 aromatic rings. The number of nitriles is 1. The average Bonchev–Trinajstić information content (AvgIpc) is 2.21. The molecule has 82 valence electrons. The highest BCUT2D eigenvalue weighted by Crippen LogP contribution is 2.49. The molecule has 14 heavy (non-hydrogen) atoms. The molecule has 0 saturated heterocycles. The highest BCUT2D eigenvalue weighted by atomic mass is 31.2. The van der Waals surface area contributed by atoms with Crippen molar-refractivity contribution in [3.8, 4) is 6.07 Å². The highest BCUT2D eigenvalue weighted by molar-refractivity contribution is 7.48. The van der Waals surface area contributed by atoms with Crippen LogP contribution in [0.25, 0.3) is 0 Å². The summed E-state index contributed by atoms with van der Waals surface area (Å²) in [6.45, 7) is 4.08. The minimum Gasteiger partial charge on any atom is -0.287 e. The predicted octanol–water partition coefficient (Wildman–Crippen LogP) is 2.49. The van der Waals surface area contributed by atoms with Crippen molar-refractivity contribution in [3.05, 3.63) is 0 Å². The number of rotatable bonds is 8. The first-order chi connectivity index (χ1) is 6.68. The van der Waals surface area contributed by atoms with Gasteiger partial charge in [0.2, 0.25) is 0 Å². The van der Waals surface area contributed by atoms with Crippen LogP contribution < -0.4 is 0 Å². The molecule has 0 heterocycles. The minimum atomic E-state index is -3.49. The van der Waals surface area contributed by atoms with Crippen LogP contribution in [0.4, 0.5) is 0 Å². The van der Waals surface area contributed by atoms with Gasteiger partial charge in [0.25, 0.3) is 0 Å². The molecule has 0 atom stereocenters. The Hall–Kier alpha value is -0.400. The van der Waals surface area contributed by atoms with Crippen LogP contribution in [0.5, 0.6) is 0 Å². The van der Waals surface area contributed by atoms with Crippen molar-refractivity contribution in [3.63, 3.8) is 0 Å². The van der Waals surface area contributed by atoms with E-state index in [1.807, 2.05) is 13.8 Å². The fourth-order valence-corrected chi connectivity index (χ4v) is 1.88. The van der Waals surface area contributed by atoms with Gasteiger partial charge in [-0.15, -0.1) is 0 Å². The maximum Gasteiger partial charge on any atom is 0.475 e. The lowest BCUT2D eigenvalue weighted by atomic mass is 10.5. The Labute approximate surface area is 84.6 Å². The maximum absolute atomic E-state index is 11.7. The number of phosphoric acid groups is 1. The Morgan fingerprint density at radius 1 is 1.14 bits per heavy atom. The summed E-state index contributed by atoms with van der Waals surface area (Å²) in [6, 6.07) is 1.72. The Morgan fingerprint density at radius 3 is 2.00 bits per heavy atom. The van der Waals surface area contributed by atoms with Gasteiger partial charge in [0.05, 0.1) is 19.3 Å². The van der Waals surface area contributed by atoms with Crippen LogP contribution in [0.3, 0.4) is 0 Å². The summed E-state index contributed by atoms with van der Waals surface area (Å²) in [5.41, 5.74) is 0. The molecule has 0 radical (unpaired) electrons. The van der Waals surface area contributed by atoms with E-state index in [-0.39, 0.29) is 6.61 Å². The number of hydrogen-bond donors (Lipinski definition) is 0. The van der Waals surface area contributed by atoms with Gasteiger partial charge in [-0.1, -0.05) is 13.8 Å². The van der Waals surface area contributed by atoms with Crippen molar-refractivity contribution in [1.29, 1.82) is 5.26 Å². The number of hydrogen-bond acceptors (Lipinski definition) is 5. The standard InChI is InChI=1S/C8H16NO4P/c1-3-6-11-14(10,12-7-4-2)13-8-5-9/h3-4,6-8H2,1-2H3. The van der Waals surface area contributed by atoms with Gasteiger partial charge in [0, 0.05) is 0 Å². The Kier molecular flexibility index (Phi) is 7.73. The molecular weight excluding hydrogens is 205 g/mol. The van der Waals surface area contributed by atoms with Gasteiger partial charge in [-0.05, 0) is 12.8 Å².